The molecule has 1 aliphatic rings. The van der Waals surface area contributed by atoms with Crippen molar-refractivity contribution in [3.63, 3.8) is 0 Å². The molecule has 1 aromatic carbocycles. The Kier molecular flexibility index (Phi) is 5.38. The number of fused-ring (bicyclic) bond motifs is 1. The molecule has 0 bridgehead atoms. The molecular weight excluding hydrogens is 413 g/mol. The molecule has 0 spiro atoms. The first-order valence-corrected chi connectivity index (χ1v) is 9.93. The van der Waals surface area contributed by atoms with E-state index in [0.717, 1.165) is 10.6 Å². The SMILES string of the molecule is Cn1c(=O)c2c(ncn2CCN2CCN(c3ccccc3C(F)(F)F)CC2)n(C)c1=O. The summed E-state index contributed by atoms with van der Waals surface area (Å²) in [5, 5.41) is 0. The minimum absolute atomic E-state index is 0.208. The van der Waals surface area contributed by atoms with E-state index < -0.39 is 23.0 Å². The van der Waals surface area contributed by atoms with Gasteiger partial charge in [0.1, 0.15) is 0 Å². The van der Waals surface area contributed by atoms with Crippen LogP contribution in [-0.4, -0.2) is 56.3 Å². The van der Waals surface area contributed by atoms with Crippen LogP contribution in [0.4, 0.5) is 18.9 Å². The van der Waals surface area contributed by atoms with Crippen molar-refractivity contribution in [1.29, 1.82) is 0 Å². The highest BCUT2D eigenvalue weighted by molar-refractivity contribution is 5.69. The van der Waals surface area contributed by atoms with Gasteiger partial charge in [-0.2, -0.15) is 13.2 Å². The first-order valence-electron chi connectivity index (χ1n) is 9.93. The van der Waals surface area contributed by atoms with Crippen molar-refractivity contribution in [3.8, 4) is 0 Å². The second kappa shape index (κ2) is 7.88. The first-order chi connectivity index (χ1) is 14.7. The summed E-state index contributed by atoms with van der Waals surface area (Å²) >= 11 is 0. The molecule has 0 atom stereocenters. The monoisotopic (exact) mass is 436 g/mol. The maximum Gasteiger partial charge on any atom is 0.418 e. The predicted octanol–water partition coefficient (Wildman–Crippen LogP) is 1.27. The predicted molar refractivity (Wildman–Crippen MR) is 110 cm³/mol. The highest BCUT2D eigenvalue weighted by Crippen LogP contribution is 2.36. The summed E-state index contributed by atoms with van der Waals surface area (Å²) in [6.07, 6.45) is -2.84. The number of halogens is 3. The van der Waals surface area contributed by atoms with Gasteiger partial charge in [0.05, 0.1) is 11.9 Å². The average Bonchev–Trinajstić information content (AvgIpc) is 3.19. The van der Waals surface area contributed by atoms with Gasteiger partial charge in [0.25, 0.3) is 5.56 Å². The Hall–Kier alpha value is -3.08. The highest BCUT2D eigenvalue weighted by atomic mass is 19.4. The van der Waals surface area contributed by atoms with Crippen LogP contribution in [-0.2, 0) is 26.8 Å². The maximum atomic E-state index is 13.3. The number of rotatable bonds is 4. The molecule has 0 N–H and O–H groups in total. The second-order valence-electron chi connectivity index (χ2n) is 7.66. The molecule has 166 valence electrons. The van der Waals surface area contributed by atoms with Crippen LogP contribution in [0.5, 0.6) is 0 Å². The van der Waals surface area contributed by atoms with Crippen LogP contribution in [0.2, 0.25) is 0 Å². The van der Waals surface area contributed by atoms with E-state index in [4.69, 9.17) is 0 Å². The molecule has 0 saturated carbocycles. The largest absolute Gasteiger partial charge is 0.418 e. The van der Waals surface area contributed by atoms with Crippen LogP contribution in [0.15, 0.2) is 40.2 Å². The number of anilines is 1. The number of alkyl halides is 3. The summed E-state index contributed by atoms with van der Waals surface area (Å²) in [6, 6.07) is 5.64. The minimum Gasteiger partial charge on any atom is -0.368 e. The zero-order valence-electron chi connectivity index (χ0n) is 17.3. The fourth-order valence-corrected chi connectivity index (χ4v) is 4.02. The van der Waals surface area contributed by atoms with Gasteiger partial charge in [-0.1, -0.05) is 12.1 Å². The molecule has 1 aliphatic heterocycles. The number of piperazine rings is 1. The summed E-state index contributed by atoms with van der Waals surface area (Å²) < 4.78 is 44.0. The van der Waals surface area contributed by atoms with Gasteiger partial charge >= 0.3 is 11.9 Å². The molecule has 3 aromatic rings. The van der Waals surface area contributed by atoms with Gasteiger partial charge in [0, 0.05) is 59.1 Å². The van der Waals surface area contributed by atoms with Crippen molar-refractivity contribution in [2.45, 2.75) is 12.7 Å². The lowest BCUT2D eigenvalue weighted by molar-refractivity contribution is -0.137. The summed E-state index contributed by atoms with van der Waals surface area (Å²) in [5.41, 5.74) is -0.541. The number of imidazole rings is 1. The van der Waals surface area contributed by atoms with Crippen LogP contribution in [0.3, 0.4) is 0 Å². The fourth-order valence-electron chi connectivity index (χ4n) is 4.02. The topological polar surface area (TPSA) is 68.3 Å². The van der Waals surface area contributed by atoms with Gasteiger partial charge in [0.2, 0.25) is 0 Å². The van der Waals surface area contributed by atoms with Crippen molar-refractivity contribution in [1.82, 2.24) is 23.6 Å². The standard InChI is InChI=1S/C20H23F3N6O2/c1-25-17-16(18(30)26(2)19(25)31)29(13-24-17)12-9-27-7-10-28(11-8-27)15-6-4-3-5-14(15)20(21,22)23/h3-6,13H,7-12H2,1-2H3. The Morgan fingerprint density at radius 2 is 1.65 bits per heavy atom. The quantitative estimate of drug-likeness (QED) is 0.616. The number of nitrogens with zero attached hydrogens (tertiary/aromatic N) is 6. The molecule has 3 heterocycles. The fraction of sp³-hybridized carbons (Fsp3) is 0.450. The van der Waals surface area contributed by atoms with Gasteiger partial charge in [-0.25, -0.2) is 9.78 Å². The number of benzene rings is 1. The van der Waals surface area contributed by atoms with Gasteiger partial charge in [-0.3, -0.25) is 18.8 Å². The Bertz CT molecular complexity index is 1220. The zero-order valence-corrected chi connectivity index (χ0v) is 17.3. The van der Waals surface area contributed by atoms with Crippen molar-refractivity contribution < 1.29 is 13.2 Å². The van der Waals surface area contributed by atoms with E-state index in [-0.39, 0.29) is 5.69 Å². The Morgan fingerprint density at radius 1 is 0.968 bits per heavy atom. The molecular formula is C20H23F3N6O2. The van der Waals surface area contributed by atoms with Gasteiger partial charge in [-0.05, 0) is 12.1 Å². The van der Waals surface area contributed by atoms with Crippen molar-refractivity contribution in [3.05, 3.63) is 57.0 Å². The maximum absolute atomic E-state index is 13.3. The van der Waals surface area contributed by atoms with Crippen molar-refractivity contribution in [2.24, 2.45) is 14.1 Å². The number of hydrogen-bond donors (Lipinski definition) is 0. The van der Waals surface area contributed by atoms with E-state index in [9.17, 15) is 22.8 Å². The van der Waals surface area contributed by atoms with Crippen LogP contribution >= 0.6 is 0 Å². The molecule has 11 heteroatoms. The highest BCUT2D eigenvalue weighted by Gasteiger charge is 2.35. The third kappa shape index (κ3) is 3.85. The lowest BCUT2D eigenvalue weighted by Gasteiger charge is -2.37. The zero-order chi connectivity index (χ0) is 22.3. The molecule has 8 nitrogen and oxygen atoms in total. The number of aromatic nitrogens is 4. The lowest BCUT2D eigenvalue weighted by Crippen LogP contribution is -2.47. The first kappa shape index (κ1) is 21.2. The van der Waals surface area contributed by atoms with Crippen molar-refractivity contribution in [2.75, 3.05) is 37.6 Å². The molecule has 1 saturated heterocycles. The van der Waals surface area contributed by atoms with E-state index in [2.05, 4.69) is 9.88 Å². The Balaban J connectivity index is 1.45. The Labute approximate surface area is 175 Å². The van der Waals surface area contributed by atoms with Crippen LogP contribution < -0.4 is 16.1 Å². The molecule has 4 rings (SSSR count). The third-order valence-corrected chi connectivity index (χ3v) is 5.80. The molecule has 0 unspecified atom stereocenters. The van der Waals surface area contributed by atoms with Gasteiger partial charge in [-0.15, -0.1) is 0 Å². The third-order valence-electron chi connectivity index (χ3n) is 5.80. The number of hydrogen-bond acceptors (Lipinski definition) is 5. The normalized spacial score (nSPS) is 15.7. The number of para-hydroxylation sites is 1. The molecule has 2 aromatic heterocycles. The van der Waals surface area contributed by atoms with E-state index in [1.807, 2.05) is 0 Å². The average molecular weight is 436 g/mol. The van der Waals surface area contributed by atoms with E-state index in [1.165, 1.54) is 23.7 Å². The number of aryl methyl sites for hydroxylation is 1. The molecule has 0 radical (unpaired) electrons. The van der Waals surface area contributed by atoms with Crippen LogP contribution in [0.1, 0.15) is 5.56 Å². The molecule has 31 heavy (non-hydrogen) atoms. The summed E-state index contributed by atoms with van der Waals surface area (Å²) in [7, 11) is 3.00. The lowest BCUT2D eigenvalue weighted by atomic mass is 10.1. The summed E-state index contributed by atoms with van der Waals surface area (Å²) in [5.74, 6) is 0. The second-order valence-corrected chi connectivity index (χ2v) is 7.66. The van der Waals surface area contributed by atoms with E-state index in [0.29, 0.717) is 50.4 Å². The van der Waals surface area contributed by atoms with Crippen molar-refractivity contribution >= 4 is 16.9 Å². The molecule has 0 aliphatic carbocycles. The molecule has 1 fully saturated rings. The van der Waals surface area contributed by atoms with E-state index >= 15 is 0 Å². The van der Waals surface area contributed by atoms with E-state index in [1.54, 1.807) is 28.9 Å². The Morgan fingerprint density at radius 3 is 2.32 bits per heavy atom. The summed E-state index contributed by atoms with van der Waals surface area (Å²) in [6.45, 7) is 3.28. The summed E-state index contributed by atoms with van der Waals surface area (Å²) in [4.78, 5) is 32.7. The molecule has 0 amide bonds. The van der Waals surface area contributed by atoms with Gasteiger partial charge < -0.3 is 9.47 Å². The van der Waals surface area contributed by atoms with Crippen LogP contribution in [0, 0.1) is 0 Å². The smallest absolute Gasteiger partial charge is 0.368 e. The van der Waals surface area contributed by atoms with Crippen LogP contribution in [0.25, 0.3) is 11.2 Å². The van der Waals surface area contributed by atoms with Gasteiger partial charge in [0.15, 0.2) is 11.2 Å². The minimum atomic E-state index is -4.39.